The van der Waals surface area contributed by atoms with Crippen molar-refractivity contribution < 1.29 is 34.5 Å². The minimum absolute atomic E-state index is 0.00924. The zero-order chi connectivity index (χ0) is 23.1. The monoisotopic (exact) mass is 436 g/mol. The molecule has 0 bridgehead atoms. The molecule has 0 aromatic heterocycles. The van der Waals surface area contributed by atoms with Crippen LogP contribution in [-0.2, 0) is 25.6 Å². The van der Waals surface area contributed by atoms with Crippen molar-refractivity contribution >= 4 is 23.7 Å². The van der Waals surface area contributed by atoms with Crippen LogP contribution in [0.4, 0.5) is 0 Å². The Labute approximate surface area is 179 Å². The third kappa shape index (κ3) is 6.66. The molecule has 0 aliphatic carbocycles. The fourth-order valence-corrected chi connectivity index (χ4v) is 3.27. The van der Waals surface area contributed by atoms with E-state index in [9.17, 15) is 34.5 Å². The number of carboxylic acid groups (broad SMARTS) is 1. The van der Waals surface area contributed by atoms with E-state index in [1.165, 1.54) is 24.0 Å². The molecule has 170 valence electrons. The van der Waals surface area contributed by atoms with E-state index in [2.05, 4.69) is 10.6 Å². The molecule has 1 heterocycles. The van der Waals surface area contributed by atoms with Gasteiger partial charge in [-0.2, -0.15) is 0 Å². The number of amides is 3. The summed E-state index contributed by atoms with van der Waals surface area (Å²) in [7, 11) is 0. The number of aliphatic carboxylic acids is 1. The second kappa shape index (κ2) is 10.7. The maximum absolute atomic E-state index is 12.7. The number of phenolic OH excluding ortho intramolecular Hbond substituents is 1. The predicted octanol–water partition coefficient (Wildman–Crippen LogP) is -1.68. The highest BCUT2D eigenvalue weighted by Gasteiger charge is 2.36. The van der Waals surface area contributed by atoms with Crippen LogP contribution in [0.25, 0.3) is 0 Å². The van der Waals surface area contributed by atoms with Crippen molar-refractivity contribution in [1.29, 1.82) is 0 Å². The Morgan fingerprint density at radius 1 is 1.23 bits per heavy atom. The molecule has 0 radical (unpaired) electrons. The van der Waals surface area contributed by atoms with Crippen LogP contribution < -0.4 is 16.4 Å². The summed E-state index contributed by atoms with van der Waals surface area (Å²) >= 11 is 0. The highest BCUT2D eigenvalue weighted by molar-refractivity contribution is 5.93. The first-order valence-electron chi connectivity index (χ1n) is 9.92. The molecule has 11 heteroatoms. The number of nitrogens with two attached hydrogens (primary N) is 1. The lowest BCUT2D eigenvalue weighted by Crippen LogP contribution is -2.54. The molecule has 1 aliphatic heterocycles. The zero-order valence-corrected chi connectivity index (χ0v) is 17.2. The third-order valence-corrected chi connectivity index (χ3v) is 5.10. The minimum Gasteiger partial charge on any atom is -0.508 e. The summed E-state index contributed by atoms with van der Waals surface area (Å²) in [6, 6.07) is 2.72. The third-order valence-electron chi connectivity index (χ3n) is 5.10. The molecule has 1 fully saturated rings. The van der Waals surface area contributed by atoms with Crippen LogP contribution in [0.3, 0.4) is 0 Å². The number of likely N-dealkylation sites (tertiary alicyclic amines) is 1. The van der Waals surface area contributed by atoms with E-state index < -0.39 is 47.9 Å². The van der Waals surface area contributed by atoms with E-state index in [1.807, 2.05) is 0 Å². The first kappa shape index (κ1) is 24.1. The number of carbonyl (C=O) groups excluding carboxylic acids is 3. The largest absolute Gasteiger partial charge is 0.508 e. The van der Waals surface area contributed by atoms with Gasteiger partial charge in [-0.15, -0.1) is 0 Å². The van der Waals surface area contributed by atoms with Crippen molar-refractivity contribution in [3.05, 3.63) is 29.8 Å². The number of aromatic hydroxyl groups is 1. The van der Waals surface area contributed by atoms with Gasteiger partial charge < -0.3 is 36.6 Å². The lowest BCUT2D eigenvalue weighted by molar-refractivity contribution is -0.144. The molecular formula is C20H28N4O7. The summed E-state index contributed by atoms with van der Waals surface area (Å²) in [5.74, 6) is -2.97. The number of carboxylic acids is 1. The van der Waals surface area contributed by atoms with Gasteiger partial charge in [-0.05, 0) is 37.5 Å². The SMILES string of the molecule is CC(O)C(N)C(=O)NCC(=O)N1CCCC1C(=O)NC(Cc1ccc(O)cc1)C(=O)O. The summed E-state index contributed by atoms with van der Waals surface area (Å²) in [5, 5.41) is 33.0. The van der Waals surface area contributed by atoms with Crippen LogP contribution in [-0.4, -0.2) is 81.2 Å². The fraction of sp³-hybridized carbons (Fsp3) is 0.500. The summed E-state index contributed by atoms with van der Waals surface area (Å²) < 4.78 is 0. The van der Waals surface area contributed by atoms with Gasteiger partial charge >= 0.3 is 5.97 Å². The molecule has 0 spiro atoms. The van der Waals surface area contributed by atoms with Crippen molar-refractivity contribution in [3.63, 3.8) is 0 Å². The molecule has 0 saturated carbocycles. The summed E-state index contributed by atoms with van der Waals surface area (Å²) in [4.78, 5) is 49.9. The molecule has 11 nitrogen and oxygen atoms in total. The second-order valence-corrected chi connectivity index (χ2v) is 7.50. The highest BCUT2D eigenvalue weighted by atomic mass is 16.4. The number of benzene rings is 1. The number of nitrogens with zero attached hydrogens (tertiary/aromatic N) is 1. The van der Waals surface area contributed by atoms with E-state index in [4.69, 9.17) is 5.73 Å². The zero-order valence-electron chi connectivity index (χ0n) is 17.2. The lowest BCUT2D eigenvalue weighted by atomic mass is 10.0. The number of aliphatic hydroxyl groups is 1. The van der Waals surface area contributed by atoms with Crippen molar-refractivity contribution in [3.8, 4) is 5.75 Å². The van der Waals surface area contributed by atoms with E-state index in [-0.39, 0.29) is 18.7 Å². The minimum atomic E-state index is -1.23. The Hall–Kier alpha value is -3.18. The standard InChI is InChI=1S/C20H28N4O7/c1-11(25)17(21)19(29)22-10-16(27)24-8-2-3-15(24)18(28)23-14(20(30)31)9-12-4-6-13(26)7-5-12/h4-7,11,14-15,17,25-26H,2-3,8-10,21H2,1H3,(H,22,29)(H,23,28)(H,30,31). The van der Waals surface area contributed by atoms with Gasteiger partial charge in [0.15, 0.2) is 0 Å². The molecule has 7 N–H and O–H groups in total. The Morgan fingerprint density at radius 2 is 1.87 bits per heavy atom. The topological polar surface area (TPSA) is 182 Å². The van der Waals surface area contributed by atoms with Crippen LogP contribution in [0.15, 0.2) is 24.3 Å². The van der Waals surface area contributed by atoms with Crippen molar-refractivity contribution in [2.75, 3.05) is 13.1 Å². The molecule has 1 saturated heterocycles. The van der Waals surface area contributed by atoms with Crippen molar-refractivity contribution in [2.45, 2.75) is 50.4 Å². The predicted molar refractivity (Wildman–Crippen MR) is 109 cm³/mol. The van der Waals surface area contributed by atoms with E-state index in [0.29, 0.717) is 24.9 Å². The van der Waals surface area contributed by atoms with Gasteiger partial charge in [0.1, 0.15) is 23.9 Å². The molecule has 31 heavy (non-hydrogen) atoms. The Kier molecular flexibility index (Phi) is 8.34. The Bertz CT molecular complexity index is 812. The van der Waals surface area contributed by atoms with Crippen molar-refractivity contribution in [1.82, 2.24) is 15.5 Å². The molecule has 1 aromatic carbocycles. The Balaban J connectivity index is 1.97. The summed E-state index contributed by atoms with van der Waals surface area (Å²) in [6.45, 7) is 1.26. The number of phenols is 1. The average molecular weight is 436 g/mol. The lowest BCUT2D eigenvalue weighted by Gasteiger charge is -2.26. The molecule has 4 atom stereocenters. The number of carbonyl (C=O) groups is 4. The van der Waals surface area contributed by atoms with Crippen LogP contribution in [0.2, 0.25) is 0 Å². The fourth-order valence-electron chi connectivity index (χ4n) is 3.27. The van der Waals surface area contributed by atoms with Gasteiger partial charge in [-0.25, -0.2) is 4.79 Å². The quantitative estimate of drug-likeness (QED) is 0.265. The highest BCUT2D eigenvalue weighted by Crippen LogP contribution is 2.18. The maximum Gasteiger partial charge on any atom is 0.326 e. The van der Waals surface area contributed by atoms with E-state index in [1.54, 1.807) is 12.1 Å². The number of nitrogens with one attached hydrogen (secondary N) is 2. The summed E-state index contributed by atoms with van der Waals surface area (Å²) in [5.41, 5.74) is 6.12. The number of rotatable bonds is 9. The normalized spacial score (nSPS) is 18.7. The molecule has 1 aliphatic rings. The van der Waals surface area contributed by atoms with Gasteiger partial charge in [0.2, 0.25) is 17.7 Å². The van der Waals surface area contributed by atoms with Gasteiger partial charge in [0.25, 0.3) is 0 Å². The van der Waals surface area contributed by atoms with Gasteiger partial charge in [0.05, 0.1) is 12.6 Å². The van der Waals surface area contributed by atoms with Crippen LogP contribution in [0.5, 0.6) is 5.75 Å². The van der Waals surface area contributed by atoms with Crippen LogP contribution in [0.1, 0.15) is 25.3 Å². The first-order chi connectivity index (χ1) is 14.6. The van der Waals surface area contributed by atoms with Gasteiger partial charge in [0, 0.05) is 13.0 Å². The first-order valence-corrected chi connectivity index (χ1v) is 9.92. The molecule has 1 aromatic rings. The Morgan fingerprint density at radius 3 is 2.45 bits per heavy atom. The second-order valence-electron chi connectivity index (χ2n) is 7.50. The number of aliphatic hydroxyl groups excluding tert-OH is 1. The molecule has 2 rings (SSSR count). The van der Waals surface area contributed by atoms with Gasteiger partial charge in [-0.1, -0.05) is 12.1 Å². The molecule has 4 unspecified atom stereocenters. The van der Waals surface area contributed by atoms with Crippen LogP contribution >= 0.6 is 0 Å². The van der Waals surface area contributed by atoms with Crippen LogP contribution in [0, 0.1) is 0 Å². The van der Waals surface area contributed by atoms with E-state index in [0.717, 1.165) is 0 Å². The summed E-state index contributed by atoms with van der Waals surface area (Å²) in [6.07, 6.45) is -0.151. The molecular weight excluding hydrogens is 408 g/mol. The van der Waals surface area contributed by atoms with Crippen molar-refractivity contribution in [2.24, 2.45) is 5.73 Å². The maximum atomic E-state index is 12.7. The molecule has 3 amide bonds. The average Bonchev–Trinajstić information content (AvgIpc) is 3.22. The smallest absolute Gasteiger partial charge is 0.326 e. The van der Waals surface area contributed by atoms with Gasteiger partial charge in [-0.3, -0.25) is 14.4 Å². The number of hydrogen-bond donors (Lipinski definition) is 6. The number of hydrogen-bond acceptors (Lipinski definition) is 7. The van der Waals surface area contributed by atoms with E-state index >= 15 is 0 Å².